The van der Waals surface area contributed by atoms with E-state index in [0.29, 0.717) is 5.56 Å². The lowest BCUT2D eigenvalue weighted by Crippen LogP contribution is -2.18. The molecule has 108 valence electrons. The SMILES string of the molecule is CC(NCc1ccc(F)c(C(F)(F)F)c1)c1nccs1. The van der Waals surface area contributed by atoms with Gasteiger partial charge in [0.25, 0.3) is 0 Å². The summed E-state index contributed by atoms with van der Waals surface area (Å²) in [6, 6.07) is 2.94. The van der Waals surface area contributed by atoms with Crippen molar-refractivity contribution >= 4 is 11.3 Å². The first kappa shape index (κ1) is 14.9. The van der Waals surface area contributed by atoms with E-state index in [0.717, 1.165) is 17.1 Å². The topological polar surface area (TPSA) is 24.9 Å². The Morgan fingerprint density at radius 2 is 2.10 bits per heavy atom. The average molecular weight is 304 g/mol. The van der Waals surface area contributed by atoms with E-state index in [4.69, 9.17) is 0 Å². The Morgan fingerprint density at radius 1 is 1.35 bits per heavy atom. The fourth-order valence-corrected chi connectivity index (χ4v) is 2.38. The van der Waals surface area contributed by atoms with Crippen LogP contribution in [0, 0.1) is 5.82 Å². The van der Waals surface area contributed by atoms with Crippen molar-refractivity contribution in [2.24, 2.45) is 0 Å². The molecule has 2 nitrogen and oxygen atoms in total. The van der Waals surface area contributed by atoms with Gasteiger partial charge in [-0.3, -0.25) is 0 Å². The van der Waals surface area contributed by atoms with Gasteiger partial charge in [0.15, 0.2) is 0 Å². The zero-order valence-electron chi connectivity index (χ0n) is 10.5. The molecule has 0 aliphatic carbocycles. The van der Waals surface area contributed by atoms with Crippen molar-refractivity contribution in [3.05, 3.63) is 51.7 Å². The number of hydrogen-bond donors (Lipinski definition) is 1. The molecule has 0 saturated carbocycles. The Bertz CT molecular complexity index is 566. The first-order valence-corrected chi connectivity index (χ1v) is 6.74. The molecule has 2 rings (SSSR count). The molecule has 2 aromatic rings. The standard InChI is InChI=1S/C13H12F4N2S/c1-8(12-18-4-5-20-12)19-7-9-2-3-11(14)10(6-9)13(15,16)17/h2-6,8,19H,7H2,1H3. The molecule has 1 aromatic heterocycles. The number of rotatable bonds is 4. The summed E-state index contributed by atoms with van der Waals surface area (Å²) in [7, 11) is 0. The normalized spacial score (nSPS) is 13.4. The van der Waals surface area contributed by atoms with Gasteiger partial charge >= 0.3 is 6.18 Å². The summed E-state index contributed by atoms with van der Waals surface area (Å²) in [5.41, 5.74) is -0.860. The zero-order valence-corrected chi connectivity index (χ0v) is 11.4. The second kappa shape index (κ2) is 5.88. The Labute approximate surface area is 117 Å². The molecular formula is C13H12F4N2S. The second-order valence-electron chi connectivity index (χ2n) is 4.28. The lowest BCUT2D eigenvalue weighted by Gasteiger charge is -2.13. The molecule has 0 saturated heterocycles. The lowest BCUT2D eigenvalue weighted by atomic mass is 10.1. The van der Waals surface area contributed by atoms with Gasteiger partial charge in [0.1, 0.15) is 10.8 Å². The van der Waals surface area contributed by atoms with Gasteiger partial charge in [0.2, 0.25) is 0 Å². The highest BCUT2D eigenvalue weighted by Gasteiger charge is 2.34. The minimum absolute atomic E-state index is 0.0746. The molecule has 0 fully saturated rings. The molecule has 0 aliphatic heterocycles. The molecule has 1 aromatic carbocycles. The molecule has 7 heteroatoms. The van der Waals surface area contributed by atoms with E-state index in [1.54, 1.807) is 6.20 Å². The quantitative estimate of drug-likeness (QED) is 0.858. The fourth-order valence-electron chi connectivity index (χ4n) is 1.71. The summed E-state index contributed by atoms with van der Waals surface area (Å²) in [5.74, 6) is -1.26. The first-order chi connectivity index (χ1) is 9.38. The second-order valence-corrected chi connectivity index (χ2v) is 5.21. The number of nitrogens with zero attached hydrogens (tertiary/aromatic N) is 1. The average Bonchev–Trinajstić information content (AvgIpc) is 2.90. The lowest BCUT2D eigenvalue weighted by molar-refractivity contribution is -0.140. The van der Waals surface area contributed by atoms with Gasteiger partial charge in [-0.15, -0.1) is 11.3 Å². The predicted octanol–water partition coefficient (Wildman–Crippen LogP) is 4.15. The molecule has 1 unspecified atom stereocenters. The van der Waals surface area contributed by atoms with Crippen LogP contribution in [0.4, 0.5) is 17.6 Å². The van der Waals surface area contributed by atoms with Crippen molar-refractivity contribution in [2.75, 3.05) is 0 Å². The molecule has 0 bridgehead atoms. The van der Waals surface area contributed by atoms with Crippen LogP contribution in [0.5, 0.6) is 0 Å². The summed E-state index contributed by atoms with van der Waals surface area (Å²) in [6.45, 7) is 2.08. The summed E-state index contributed by atoms with van der Waals surface area (Å²) in [4.78, 5) is 4.12. The maximum atomic E-state index is 13.1. The van der Waals surface area contributed by atoms with Gasteiger partial charge in [-0.05, 0) is 24.6 Å². The van der Waals surface area contributed by atoms with E-state index in [1.807, 2.05) is 12.3 Å². The van der Waals surface area contributed by atoms with Gasteiger partial charge < -0.3 is 5.32 Å². The highest BCUT2D eigenvalue weighted by molar-refractivity contribution is 7.09. The summed E-state index contributed by atoms with van der Waals surface area (Å²) in [5, 5.41) is 5.73. The third-order valence-corrected chi connectivity index (χ3v) is 3.73. The maximum Gasteiger partial charge on any atom is 0.419 e. The molecule has 0 amide bonds. The van der Waals surface area contributed by atoms with E-state index < -0.39 is 17.6 Å². The number of nitrogens with one attached hydrogen (secondary N) is 1. The number of halogens is 4. The smallest absolute Gasteiger partial charge is 0.304 e. The minimum Gasteiger partial charge on any atom is -0.304 e. The molecule has 1 heterocycles. The summed E-state index contributed by atoms with van der Waals surface area (Å²) >= 11 is 1.46. The van der Waals surface area contributed by atoms with Crippen molar-refractivity contribution in [2.45, 2.75) is 25.7 Å². The number of aromatic nitrogens is 1. The van der Waals surface area contributed by atoms with Gasteiger partial charge in [0.05, 0.1) is 11.6 Å². The van der Waals surface area contributed by atoms with Crippen molar-refractivity contribution in [1.29, 1.82) is 0 Å². The predicted molar refractivity (Wildman–Crippen MR) is 68.8 cm³/mol. The van der Waals surface area contributed by atoms with E-state index in [-0.39, 0.29) is 12.6 Å². The number of alkyl halides is 3. The summed E-state index contributed by atoms with van der Waals surface area (Å²) < 4.78 is 50.9. The number of benzene rings is 1. The Kier molecular flexibility index (Phi) is 4.39. The molecule has 1 atom stereocenters. The summed E-state index contributed by atoms with van der Waals surface area (Å²) in [6.07, 6.45) is -3.02. The first-order valence-electron chi connectivity index (χ1n) is 5.86. The maximum absolute atomic E-state index is 13.1. The van der Waals surface area contributed by atoms with Gasteiger partial charge in [-0.1, -0.05) is 6.07 Å². The van der Waals surface area contributed by atoms with Crippen LogP contribution in [0.25, 0.3) is 0 Å². The Hall–Kier alpha value is -1.47. The Balaban J connectivity index is 2.07. The molecule has 20 heavy (non-hydrogen) atoms. The fraction of sp³-hybridized carbons (Fsp3) is 0.308. The highest BCUT2D eigenvalue weighted by atomic mass is 32.1. The van der Waals surface area contributed by atoms with Gasteiger partial charge in [0, 0.05) is 18.1 Å². The third-order valence-electron chi connectivity index (χ3n) is 2.77. The van der Waals surface area contributed by atoms with E-state index in [9.17, 15) is 17.6 Å². The van der Waals surface area contributed by atoms with E-state index >= 15 is 0 Å². The van der Waals surface area contributed by atoms with Crippen LogP contribution in [0.3, 0.4) is 0 Å². The number of hydrogen-bond acceptors (Lipinski definition) is 3. The van der Waals surface area contributed by atoms with Crippen molar-refractivity contribution < 1.29 is 17.6 Å². The largest absolute Gasteiger partial charge is 0.419 e. The highest BCUT2D eigenvalue weighted by Crippen LogP contribution is 2.32. The van der Waals surface area contributed by atoms with Crippen molar-refractivity contribution in [3.8, 4) is 0 Å². The molecular weight excluding hydrogens is 292 g/mol. The van der Waals surface area contributed by atoms with E-state index in [2.05, 4.69) is 10.3 Å². The van der Waals surface area contributed by atoms with Crippen LogP contribution in [0.15, 0.2) is 29.8 Å². The molecule has 0 spiro atoms. The molecule has 1 N–H and O–H groups in total. The number of thiazole rings is 1. The molecule has 0 aliphatic rings. The van der Waals surface area contributed by atoms with Crippen molar-refractivity contribution in [3.63, 3.8) is 0 Å². The van der Waals surface area contributed by atoms with Crippen LogP contribution in [0.2, 0.25) is 0 Å². The monoisotopic (exact) mass is 304 g/mol. The zero-order chi connectivity index (χ0) is 14.8. The van der Waals surface area contributed by atoms with Crippen LogP contribution < -0.4 is 5.32 Å². The Morgan fingerprint density at radius 3 is 2.70 bits per heavy atom. The van der Waals surface area contributed by atoms with Crippen LogP contribution in [-0.4, -0.2) is 4.98 Å². The van der Waals surface area contributed by atoms with Gasteiger partial charge in [-0.25, -0.2) is 9.37 Å². The van der Waals surface area contributed by atoms with Gasteiger partial charge in [-0.2, -0.15) is 13.2 Å². The third kappa shape index (κ3) is 3.55. The van der Waals surface area contributed by atoms with Crippen molar-refractivity contribution in [1.82, 2.24) is 10.3 Å². The minimum atomic E-state index is -4.68. The van der Waals surface area contributed by atoms with E-state index in [1.165, 1.54) is 17.4 Å². The molecule has 0 radical (unpaired) electrons. The van der Waals surface area contributed by atoms with Crippen LogP contribution in [-0.2, 0) is 12.7 Å². The van der Waals surface area contributed by atoms with Crippen LogP contribution in [0.1, 0.15) is 29.1 Å². The van der Waals surface area contributed by atoms with Crippen LogP contribution >= 0.6 is 11.3 Å².